The maximum absolute atomic E-state index is 12.6. The van der Waals surface area contributed by atoms with Crippen molar-refractivity contribution in [2.75, 3.05) is 13.1 Å². The SMILES string of the molecule is Cc1nn(CC(C)C)c(C)c1CC(=O)NCc1ccccc1CN1CCCC1. The van der Waals surface area contributed by atoms with E-state index in [1.165, 1.54) is 37.1 Å². The van der Waals surface area contributed by atoms with Gasteiger partial charge in [0.05, 0.1) is 12.1 Å². The minimum absolute atomic E-state index is 0.0614. The zero-order valence-electron chi connectivity index (χ0n) is 17.8. The van der Waals surface area contributed by atoms with Crippen LogP contribution in [0.2, 0.25) is 0 Å². The van der Waals surface area contributed by atoms with Crippen molar-refractivity contribution in [2.45, 2.75) is 66.6 Å². The highest BCUT2D eigenvalue weighted by molar-refractivity contribution is 5.79. The molecule has 1 aliphatic heterocycles. The highest BCUT2D eigenvalue weighted by atomic mass is 16.1. The van der Waals surface area contributed by atoms with Crippen LogP contribution in [0.3, 0.4) is 0 Å². The lowest BCUT2D eigenvalue weighted by Gasteiger charge is -2.17. The number of likely N-dealkylation sites (tertiary alicyclic amines) is 1. The summed E-state index contributed by atoms with van der Waals surface area (Å²) in [5, 5.41) is 7.75. The molecule has 1 aliphatic rings. The first-order valence-electron chi connectivity index (χ1n) is 10.5. The molecule has 1 fully saturated rings. The Morgan fingerprint density at radius 3 is 2.50 bits per heavy atom. The van der Waals surface area contributed by atoms with Crippen LogP contribution < -0.4 is 5.32 Å². The van der Waals surface area contributed by atoms with Crippen LogP contribution in [0.15, 0.2) is 24.3 Å². The number of hydrogen-bond donors (Lipinski definition) is 1. The van der Waals surface area contributed by atoms with Crippen LogP contribution in [-0.2, 0) is 30.8 Å². The Morgan fingerprint density at radius 1 is 1.14 bits per heavy atom. The van der Waals surface area contributed by atoms with Gasteiger partial charge in [-0.3, -0.25) is 14.4 Å². The molecule has 1 aromatic carbocycles. The number of hydrogen-bond acceptors (Lipinski definition) is 3. The van der Waals surface area contributed by atoms with Gasteiger partial charge in [-0.2, -0.15) is 5.10 Å². The molecular weight excluding hydrogens is 348 g/mol. The predicted molar refractivity (Wildman–Crippen MR) is 113 cm³/mol. The average Bonchev–Trinajstić information content (AvgIpc) is 3.25. The third kappa shape index (κ3) is 5.22. The number of aromatic nitrogens is 2. The molecule has 2 heterocycles. The van der Waals surface area contributed by atoms with Gasteiger partial charge < -0.3 is 5.32 Å². The Bertz CT molecular complexity index is 803. The van der Waals surface area contributed by atoms with E-state index in [0.717, 1.165) is 30.0 Å². The Labute approximate surface area is 169 Å². The molecule has 1 N–H and O–H groups in total. The van der Waals surface area contributed by atoms with Crippen LogP contribution in [0.5, 0.6) is 0 Å². The highest BCUT2D eigenvalue weighted by Crippen LogP contribution is 2.17. The molecule has 0 saturated carbocycles. The Morgan fingerprint density at radius 2 is 1.82 bits per heavy atom. The van der Waals surface area contributed by atoms with Crippen molar-refractivity contribution in [3.05, 3.63) is 52.3 Å². The van der Waals surface area contributed by atoms with Gasteiger partial charge in [0.25, 0.3) is 0 Å². The molecule has 0 unspecified atom stereocenters. The number of carbonyl (C=O) groups is 1. The molecular formula is C23H34N4O. The minimum Gasteiger partial charge on any atom is -0.352 e. The second-order valence-corrected chi connectivity index (χ2v) is 8.43. The summed E-state index contributed by atoms with van der Waals surface area (Å²) in [6, 6.07) is 8.46. The lowest BCUT2D eigenvalue weighted by molar-refractivity contribution is -0.120. The van der Waals surface area contributed by atoms with Crippen LogP contribution >= 0.6 is 0 Å². The number of nitrogens with one attached hydrogen (secondary N) is 1. The van der Waals surface area contributed by atoms with Crippen molar-refractivity contribution in [1.82, 2.24) is 20.0 Å². The minimum atomic E-state index is 0.0614. The van der Waals surface area contributed by atoms with E-state index in [1.54, 1.807) is 0 Å². The van der Waals surface area contributed by atoms with Gasteiger partial charge in [-0.05, 0) is 56.8 Å². The Balaban J connectivity index is 1.60. The second-order valence-electron chi connectivity index (χ2n) is 8.43. The fourth-order valence-corrected chi connectivity index (χ4v) is 4.00. The van der Waals surface area contributed by atoms with Crippen LogP contribution in [-0.4, -0.2) is 33.7 Å². The zero-order valence-corrected chi connectivity index (χ0v) is 17.8. The molecule has 2 aromatic rings. The summed E-state index contributed by atoms with van der Waals surface area (Å²) < 4.78 is 2.04. The number of carbonyl (C=O) groups excluding carboxylic acids is 1. The summed E-state index contributed by atoms with van der Waals surface area (Å²) in [5.41, 5.74) is 5.66. The molecule has 0 spiro atoms. The van der Waals surface area contributed by atoms with Gasteiger partial charge in [-0.15, -0.1) is 0 Å². The molecule has 0 radical (unpaired) electrons. The molecule has 1 saturated heterocycles. The van der Waals surface area contributed by atoms with Gasteiger partial charge in [0, 0.05) is 30.9 Å². The largest absolute Gasteiger partial charge is 0.352 e. The van der Waals surface area contributed by atoms with Crippen LogP contribution in [0.25, 0.3) is 0 Å². The smallest absolute Gasteiger partial charge is 0.224 e. The molecule has 0 aliphatic carbocycles. The molecule has 0 bridgehead atoms. The summed E-state index contributed by atoms with van der Waals surface area (Å²) >= 11 is 0. The van der Waals surface area contributed by atoms with Crippen LogP contribution in [0.1, 0.15) is 54.8 Å². The average molecular weight is 383 g/mol. The van der Waals surface area contributed by atoms with Gasteiger partial charge in [-0.25, -0.2) is 0 Å². The quantitative estimate of drug-likeness (QED) is 0.759. The molecule has 152 valence electrons. The van der Waals surface area contributed by atoms with E-state index < -0.39 is 0 Å². The number of benzene rings is 1. The molecule has 0 atom stereocenters. The zero-order chi connectivity index (χ0) is 20.1. The van der Waals surface area contributed by atoms with Gasteiger partial charge in [0.2, 0.25) is 5.91 Å². The van der Waals surface area contributed by atoms with Crippen molar-refractivity contribution in [3.63, 3.8) is 0 Å². The maximum Gasteiger partial charge on any atom is 0.224 e. The summed E-state index contributed by atoms with van der Waals surface area (Å²) in [6.45, 7) is 13.2. The molecule has 5 heteroatoms. The van der Waals surface area contributed by atoms with Gasteiger partial charge >= 0.3 is 0 Å². The number of amides is 1. The topological polar surface area (TPSA) is 50.2 Å². The van der Waals surface area contributed by atoms with Gasteiger partial charge in [0.1, 0.15) is 0 Å². The third-order valence-corrected chi connectivity index (χ3v) is 5.59. The van der Waals surface area contributed by atoms with Gasteiger partial charge in [0.15, 0.2) is 0 Å². The lowest BCUT2D eigenvalue weighted by atomic mass is 10.1. The summed E-state index contributed by atoms with van der Waals surface area (Å²) in [5.74, 6) is 0.595. The normalized spacial score (nSPS) is 14.8. The Hall–Kier alpha value is -2.14. The van der Waals surface area contributed by atoms with E-state index in [0.29, 0.717) is 18.9 Å². The maximum atomic E-state index is 12.6. The summed E-state index contributed by atoms with van der Waals surface area (Å²) in [4.78, 5) is 15.1. The fourth-order valence-electron chi connectivity index (χ4n) is 4.00. The van der Waals surface area contributed by atoms with Crippen molar-refractivity contribution in [1.29, 1.82) is 0 Å². The third-order valence-electron chi connectivity index (χ3n) is 5.59. The van der Waals surface area contributed by atoms with E-state index in [2.05, 4.69) is 60.4 Å². The highest BCUT2D eigenvalue weighted by Gasteiger charge is 2.17. The molecule has 28 heavy (non-hydrogen) atoms. The monoisotopic (exact) mass is 382 g/mol. The first-order valence-corrected chi connectivity index (χ1v) is 10.5. The standard InChI is InChI=1S/C23H34N4O/c1-17(2)15-27-19(4)22(18(3)25-27)13-23(28)24-14-20-9-5-6-10-21(20)16-26-11-7-8-12-26/h5-6,9-10,17H,7-8,11-16H2,1-4H3,(H,24,28). The van der Waals surface area contributed by atoms with Crippen LogP contribution in [0.4, 0.5) is 0 Å². The summed E-state index contributed by atoms with van der Waals surface area (Å²) in [7, 11) is 0. The first-order chi connectivity index (χ1) is 13.4. The van der Waals surface area contributed by atoms with E-state index in [4.69, 9.17) is 0 Å². The fraction of sp³-hybridized carbons (Fsp3) is 0.565. The Kier molecular flexibility index (Phi) is 6.89. The van der Waals surface area contributed by atoms with E-state index in [1.807, 2.05) is 11.6 Å². The number of nitrogens with zero attached hydrogens (tertiary/aromatic N) is 3. The number of aryl methyl sites for hydroxylation is 1. The van der Waals surface area contributed by atoms with Crippen molar-refractivity contribution < 1.29 is 4.79 Å². The van der Waals surface area contributed by atoms with Crippen LogP contribution in [0, 0.1) is 19.8 Å². The van der Waals surface area contributed by atoms with Gasteiger partial charge in [-0.1, -0.05) is 38.1 Å². The van der Waals surface area contributed by atoms with Crippen molar-refractivity contribution in [2.24, 2.45) is 5.92 Å². The van der Waals surface area contributed by atoms with Crippen molar-refractivity contribution >= 4 is 5.91 Å². The van der Waals surface area contributed by atoms with E-state index in [-0.39, 0.29) is 5.91 Å². The molecule has 1 aromatic heterocycles. The molecule has 3 rings (SSSR count). The van der Waals surface area contributed by atoms with E-state index >= 15 is 0 Å². The lowest BCUT2D eigenvalue weighted by Crippen LogP contribution is -2.26. The number of rotatable bonds is 8. The first kappa shape index (κ1) is 20.6. The van der Waals surface area contributed by atoms with Crippen molar-refractivity contribution in [3.8, 4) is 0 Å². The summed E-state index contributed by atoms with van der Waals surface area (Å²) in [6.07, 6.45) is 2.98. The predicted octanol–water partition coefficient (Wildman–Crippen LogP) is 3.61. The molecule has 1 amide bonds. The second kappa shape index (κ2) is 9.37. The van der Waals surface area contributed by atoms with E-state index in [9.17, 15) is 4.79 Å². The molecule has 5 nitrogen and oxygen atoms in total.